The molecule has 1 heterocycles. The highest BCUT2D eigenvalue weighted by molar-refractivity contribution is 7.11. The van der Waals surface area contributed by atoms with E-state index in [2.05, 4.69) is 20.6 Å². The van der Waals surface area contributed by atoms with Crippen LogP contribution < -0.4 is 10.6 Å². The van der Waals surface area contributed by atoms with Crippen LogP contribution in [0.3, 0.4) is 0 Å². The van der Waals surface area contributed by atoms with Crippen LogP contribution in [0.25, 0.3) is 0 Å². The van der Waals surface area contributed by atoms with Crippen LogP contribution in [0.5, 0.6) is 0 Å². The molecule has 2 unspecified atom stereocenters. The van der Waals surface area contributed by atoms with Crippen molar-refractivity contribution in [2.75, 3.05) is 13.6 Å². The topological polar surface area (TPSA) is 49.3 Å². The second-order valence-corrected chi connectivity index (χ2v) is 7.52. The molecular weight excluding hydrogens is 337 g/mol. The number of nitrogens with one attached hydrogen (secondary N) is 2. The number of nitrogens with zero attached hydrogens (tertiary/aromatic N) is 2. The van der Waals surface area contributed by atoms with Crippen molar-refractivity contribution in [2.45, 2.75) is 58.2 Å². The molecule has 2 N–H and O–H groups in total. The number of hydrogen-bond acceptors (Lipinski definition) is 3. The maximum Gasteiger partial charge on any atom is 0.391 e. The van der Waals surface area contributed by atoms with E-state index in [1.165, 1.54) is 4.88 Å². The molecule has 4 nitrogen and oxygen atoms in total. The summed E-state index contributed by atoms with van der Waals surface area (Å²) in [5.41, 5.74) is 1.04. The summed E-state index contributed by atoms with van der Waals surface area (Å²) < 4.78 is 38.7. The molecule has 24 heavy (non-hydrogen) atoms. The van der Waals surface area contributed by atoms with E-state index in [0.29, 0.717) is 18.9 Å². The number of halogens is 3. The number of thiazole rings is 1. The monoisotopic (exact) mass is 362 g/mol. The Morgan fingerprint density at radius 3 is 2.67 bits per heavy atom. The lowest BCUT2D eigenvalue weighted by Crippen LogP contribution is -2.47. The van der Waals surface area contributed by atoms with Gasteiger partial charge in [0.1, 0.15) is 0 Å². The summed E-state index contributed by atoms with van der Waals surface area (Å²) in [6, 6.07) is -0.177. The number of rotatable bonds is 4. The Labute approximate surface area is 145 Å². The van der Waals surface area contributed by atoms with E-state index in [9.17, 15) is 13.2 Å². The van der Waals surface area contributed by atoms with Crippen molar-refractivity contribution in [3.8, 4) is 0 Å². The van der Waals surface area contributed by atoms with Gasteiger partial charge in [0, 0.05) is 30.9 Å². The molecule has 1 fully saturated rings. The Morgan fingerprint density at radius 1 is 1.33 bits per heavy atom. The molecule has 0 saturated heterocycles. The van der Waals surface area contributed by atoms with Crippen molar-refractivity contribution in [3.05, 3.63) is 15.6 Å². The summed E-state index contributed by atoms with van der Waals surface area (Å²) in [7, 11) is 1.64. The molecule has 2 atom stereocenters. The molecule has 0 radical (unpaired) electrons. The minimum atomic E-state index is -4.10. The molecule has 8 heteroatoms. The summed E-state index contributed by atoms with van der Waals surface area (Å²) in [5.74, 6) is -0.633. The van der Waals surface area contributed by atoms with E-state index >= 15 is 0 Å². The molecule has 0 spiro atoms. The maximum atomic E-state index is 12.9. The zero-order valence-electron chi connectivity index (χ0n) is 14.3. The zero-order valence-corrected chi connectivity index (χ0v) is 15.2. The van der Waals surface area contributed by atoms with Gasteiger partial charge in [-0.1, -0.05) is 6.42 Å². The van der Waals surface area contributed by atoms with Gasteiger partial charge in [0.2, 0.25) is 0 Å². The Hall–Kier alpha value is -1.31. The molecule has 2 rings (SSSR count). The Balaban J connectivity index is 1.81. The molecule has 136 valence electrons. The first-order valence-electron chi connectivity index (χ1n) is 8.26. The summed E-state index contributed by atoms with van der Waals surface area (Å²) >= 11 is 1.68. The standard InChI is InChI=1S/C16H25F3N4S/c1-10-14(24-11(2)22-10)7-8-21-15(20-3)23-13-6-4-5-12(9-13)16(17,18)19/h12-13H,4-9H2,1-3H3,(H2,20,21,23). The number of aryl methyl sites for hydroxylation is 2. The van der Waals surface area contributed by atoms with E-state index < -0.39 is 12.1 Å². The molecule has 1 aromatic rings. The van der Waals surface area contributed by atoms with Crippen molar-refractivity contribution in [2.24, 2.45) is 10.9 Å². The fourth-order valence-electron chi connectivity index (χ4n) is 3.11. The Bertz CT molecular complexity index is 568. The smallest absolute Gasteiger partial charge is 0.356 e. The van der Waals surface area contributed by atoms with Crippen molar-refractivity contribution >= 4 is 17.3 Å². The van der Waals surface area contributed by atoms with E-state index in [0.717, 1.165) is 23.5 Å². The highest BCUT2D eigenvalue weighted by atomic mass is 32.1. The third-order valence-electron chi connectivity index (χ3n) is 4.35. The largest absolute Gasteiger partial charge is 0.391 e. The highest BCUT2D eigenvalue weighted by Gasteiger charge is 2.42. The Morgan fingerprint density at radius 2 is 2.08 bits per heavy atom. The van der Waals surface area contributed by atoms with Crippen LogP contribution in [0.1, 0.15) is 41.3 Å². The number of aromatic nitrogens is 1. The first kappa shape index (κ1) is 19.0. The molecule has 1 saturated carbocycles. The van der Waals surface area contributed by atoms with Crippen LogP contribution in [0, 0.1) is 19.8 Å². The average molecular weight is 362 g/mol. The molecule has 0 amide bonds. The second-order valence-electron chi connectivity index (χ2n) is 6.24. The molecule has 1 aliphatic carbocycles. The Kier molecular flexibility index (Phi) is 6.48. The number of guanidine groups is 1. The lowest BCUT2D eigenvalue weighted by atomic mass is 9.85. The number of alkyl halides is 3. The highest BCUT2D eigenvalue weighted by Crippen LogP contribution is 2.37. The molecule has 1 aliphatic rings. The summed E-state index contributed by atoms with van der Waals surface area (Å²) in [4.78, 5) is 9.75. The van der Waals surface area contributed by atoms with Crippen molar-refractivity contribution in [1.82, 2.24) is 15.6 Å². The quantitative estimate of drug-likeness (QED) is 0.636. The predicted octanol–water partition coefficient (Wildman–Crippen LogP) is 3.59. The first-order valence-corrected chi connectivity index (χ1v) is 9.08. The number of hydrogen-bond donors (Lipinski definition) is 2. The lowest BCUT2D eigenvalue weighted by molar-refractivity contribution is -0.183. The van der Waals surface area contributed by atoms with Gasteiger partial charge in [-0.05, 0) is 33.1 Å². The van der Waals surface area contributed by atoms with Crippen LogP contribution >= 0.6 is 11.3 Å². The van der Waals surface area contributed by atoms with Crippen molar-refractivity contribution in [3.63, 3.8) is 0 Å². The number of aliphatic imine (C=N–C) groups is 1. The van der Waals surface area contributed by atoms with E-state index in [1.807, 2.05) is 13.8 Å². The van der Waals surface area contributed by atoms with Gasteiger partial charge in [-0.15, -0.1) is 11.3 Å². The first-order chi connectivity index (χ1) is 11.3. The summed E-state index contributed by atoms with van der Waals surface area (Å²) in [5, 5.41) is 7.38. The fraction of sp³-hybridized carbons (Fsp3) is 0.750. The lowest BCUT2D eigenvalue weighted by Gasteiger charge is -2.31. The van der Waals surface area contributed by atoms with E-state index in [-0.39, 0.29) is 18.9 Å². The van der Waals surface area contributed by atoms with Crippen LogP contribution in [-0.4, -0.2) is 36.8 Å². The van der Waals surface area contributed by atoms with Gasteiger partial charge in [-0.2, -0.15) is 13.2 Å². The molecule has 1 aromatic heterocycles. The van der Waals surface area contributed by atoms with E-state index in [4.69, 9.17) is 0 Å². The molecule has 0 aliphatic heterocycles. The van der Waals surface area contributed by atoms with Gasteiger partial charge in [0.05, 0.1) is 16.6 Å². The van der Waals surface area contributed by atoms with Gasteiger partial charge >= 0.3 is 6.18 Å². The minimum Gasteiger partial charge on any atom is -0.356 e. The van der Waals surface area contributed by atoms with Crippen LogP contribution in [0.15, 0.2) is 4.99 Å². The van der Waals surface area contributed by atoms with Crippen LogP contribution in [-0.2, 0) is 6.42 Å². The fourth-order valence-corrected chi connectivity index (χ4v) is 4.04. The molecule has 0 aromatic carbocycles. The average Bonchev–Trinajstić information content (AvgIpc) is 2.83. The van der Waals surface area contributed by atoms with Gasteiger partial charge in [-0.3, -0.25) is 4.99 Å². The van der Waals surface area contributed by atoms with Crippen LogP contribution in [0.2, 0.25) is 0 Å². The van der Waals surface area contributed by atoms with Gasteiger partial charge in [-0.25, -0.2) is 4.98 Å². The van der Waals surface area contributed by atoms with E-state index in [1.54, 1.807) is 18.4 Å². The summed E-state index contributed by atoms with van der Waals surface area (Å²) in [6.07, 6.45) is -1.57. The SMILES string of the molecule is CN=C(NCCc1sc(C)nc1C)NC1CCCC(C(F)(F)F)C1. The summed E-state index contributed by atoms with van der Waals surface area (Å²) in [6.45, 7) is 4.65. The maximum absolute atomic E-state index is 12.9. The predicted molar refractivity (Wildman–Crippen MR) is 91.6 cm³/mol. The third-order valence-corrected chi connectivity index (χ3v) is 5.48. The van der Waals surface area contributed by atoms with Gasteiger partial charge in [0.25, 0.3) is 0 Å². The zero-order chi connectivity index (χ0) is 17.7. The normalized spacial score (nSPS) is 22.5. The second kappa shape index (κ2) is 8.18. The van der Waals surface area contributed by atoms with Crippen LogP contribution in [0.4, 0.5) is 13.2 Å². The van der Waals surface area contributed by atoms with Gasteiger partial charge < -0.3 is 10.6 Å². The van der Waals surface area contributed by atoms with Gasteiger partial charge in [0.15, 0.2) is 5.96 Å². The third kappa shape index (κ3) is 5.36. The molecule has 0 bridgehead atoms. The van der Waals surface area contributed by atoms with Crippen molar-refractivity contribution in [1.29, 1.82) is 0 Å². The minimum absolute atomic E-state index is 0.122. The molecular formula is C16H25F3N4S. The van der Waals surface area contributed by atoms with Crippen molar-refractivity contribution < 1.29 is 13.2 Å².